The van der Waals surface area contributed by atoms with Gasteiger partial charge in [-0.1, -0.05) is 17.3 Å². The third kappa shape index (κ3) is 3.78. The molecule has 0 aromatic heterocycles. The molecule has 0 bridgehead atoms. The molecular formula is C11H17N3O2. The summed E-state index contributed by atoms with van der Waals surface area (Å²) in [4.78, 5) is 1.96. The highest BCUT2D eigenvalue weighted by atomic mass is 16.5. The van der Waals surface area contributed by atoms with Gasteiger partial charge in [-0.2, -0.15) is 0 Å². The highest BCUT2D eigenvalue weighted by Crippen LogP contribution is 2.12. The van der Waals surface area contributed by atoms with Crippen molar-refractivity contribution in [3.8, 4) is 5.75 Å². The number of rotatable bonds is 5. The van der Waals surface area contributed by atoms with Crippen LogP contribution in [0.2, 0.25) is 0 Å². The van der Waals surface area contributed by atoms with Crippen molar-refractivity contribution in [2.75, 3.05) is 20.7 Å². The van der Waals surface area contributed by atoms with Crippen LogP contribution in [-0.2, 0) is 6.54 Å². The zero-order valence-corrected chi connectivity index (χ0v) is 9.55. The van der Waals surface area contributed by atoms with Gasteiger partial charge in [-0.25, -0.2) is 0 Å². The van der Waals surface area contributed by atoms with E-state index in [2.05, 4.69) is 5.16 Å². The second-order valence-electron chi connectivity index (χ2n) is 3.61. The minimum Gasteiger partial charge on any atom is -0.497 e. The molecular weight excluding hydrogens is 206 g/mol. The third-order valence-electron chi connectivity index (χ3n) is 2.17. The summed E-state index contributed by atoms with van der Waals surface area (Å²) < 4.78 is 5.07. The Hall–Kier alpha value is -1.75. The lowest BCUT2D eigenvalue weighted by molar-refractivity contribution is 0.308. The molecule has 1 aromatic rings. The molecule has 0 saturated heterocycles. The molecule has 5 heteroatoms. The predicted octanol–water partition coefficient (Wildman–Crippen LogP) is 0.873. The van der Waals surface area contributed by atoms with Crippen LogP contribution in [0.4, 0.5) is 0 Å². The van der Waals surface area contributed by atoms with Gasteiger partial charge in [0.25, 0.3) is 0 Å². The lowest BCUT2D eigenvalue weighted by atomic mass is 10.2. The Bertz CT molecular complexity index is 349. The minimum absolute atomic E-state index is 0.205. The van der Waals surface area contributed by atoms with E-state index in [0.717, 1.165) is 17.9 Å². The second kappa shape index (κ2) is 5.97. The molecule has 0 aliphatic carbocycles. The lowest BCUT2D eigenvalue weighted by Gasteiger charge is -2.15. The van der Waals surface area contributed by atoms with Crippen molar-refractivity contribution in [2.45, 2.75) is 6.54 Å². The molecule has 0 aliphatic rings. The first-order valence-electron chi connectivity index (χ1n) is 4.93. The fourth-order valence-electron chi connectivity index (χ4n) is 1.41. The summed E-state index contributed by atoms with van der Waals surface area (Å²) in [5.74, 6) is 1.04. The average Bonchev–Trinajstić information content (AvgIpc) is 2.29. The fourth-order valence-corrected chi connectivity index (χ4v) is 1.41. The van der Waals surface area contributed by atoms with Crippen LogP contribution in [0.5, 0.6) is 5.75 Å². The third-order valence-corrected chi connectivity index (χ3v) is 2.17. The SMILES string of the molecule is COc1ccc(CN(C)CC(N)=NO)cc1. The molecule has 0 fully saturated rings. The van der Waals surface area contributed by atoms with Crippen LogP contribution in [-0.4, -0.2) is 36.6 Å². The van der Waals surface area contributed by atoms with E-state index in [9.17, 15) is 0 Å². The summed E-state index contributed by atoms with van der Waals surface area (Å²) in [5.41, 5.74) is 6.56. The van der Waals surface area contributed by atoms with Gasteiger partial charge in [-0.05, 0) is 24.7 Å². The summed E-state index contributed by atoms with van der Waals surface area (Å²) in [6.07, 6.45) is 0. The number of hydrogen-bond acceptors (Lipinski definition) is 4. The van der Waals surface area contributed by atoms with E-state index in [1.165, 1.54) is 0 Å². The van der Waals surface area contributed by atoms with E-state index in [-0.39, 0.29) is 5.84 Å². The van der Waals surface area contributed by atoms with Gasteiger partial charge in [0.2, 0.25) is 0 Å². The minimum atomic E-state index is 0.205. The highest BCUT2D eigenvalue weighted by molar-refractivity contribution is 5.81. The van der Waals surface area contributed by atoms with Crippen molar-refractivity contribution in [3.05, 3.63) is 29.8 Å². The number of nitrogens with two attached hydrogens (primary N) is 1. The van der Waals surface area contributed by atoms with E-state index in [0.29, 0.717) is 6.54 Å². The molecule has 0 heterocycles. The maximum absolute atomic E-state index is 8.44. The normalized spacial score (nSPS) is 11.8. The van der Waals surface area contributed by atoms with Crippen LogP contribution in [0.25, 0.3) is 0 Å². The second-order valence-corrected chi connectivity index (χ2v) is 3.61. The molecule has 0 unspecified atom stereocenters. The first kappa shape index (κ1) is 12.3. The fraction of sp³-hybridized carbons (Fsp3) is 0.364. The number of benzene rings is 1. The predicted molar refractivity (Wildman–Crippen MR) is 62.7 cm³/mol. The Morgan fingerprint density at radius 3 is 2.56 bits per heavy atom. The van der Waals surface area contributed by atoms with E-state index in [1.807, 2.05) is 36.2 Å². The van der Waals surface area contributed by atoms with Gasteiger partial charge in [0.1, 0.15) is 5.75 Å². The van der Waals surface area contributed by atoms with E-state index in [1.54, 1.807) is 7.11 Å². The van der Waals surface area contributed by atoms with E-state index >= 15 is 0 Å². The van der Waals surface area contributed by atoms with Crippen molar-refractivity contribution >= 4 is 5.84 Å². The van der Waals surface area contributed by atoms with Gasteiger partial charge >= 0.3 is 0 Å². The van der Waals surface area contributed by atoms with Crippen LogP contribution >= 0.6 is 0 Å². The molecule has 0 aliphatic heterocycles. The van der Waals surface area contributed by atoms with Gasteiger partial charge in [0.05, 0.1) is 13.7 Å². The zero-order valence-electron chi connectivity index (χ0n) is 9.55. The number of oxime groups is 1. The van der Waals surface area contributed by atoms with Crippen molar-refractivity contribution in [1.29, 1.82) is 0 Å². The summed E-state index contributed by atoms with van der Waals surface area (Å²) in [6.45, 7) is 1.17. The van der Waals surface area contributed by atoms with E-state index < -0.39 is 0 Å². The Labute approximate surface area is 95.1 Å². The first-order valence-corrected chi connectivity index (χ1v) is 4.93. The van der Waals surface area contributed by atoms with Gasteiger partial charge in [0.15, 0.2) is 5.84 Å². The van der Waals surface area contributed by atoms with Crippen molar-refractivity contribution < 1.29 is 9.94 Å². The Balaban J connectivity index is 2.52. The highest BCUT2D eigenvalue weighted by Gasteiger charge is 2.03. The van der Waals surface area contributed by atoms with Gasteiger partial charge in [-0.15, -0.1) is 0 Å². The van der Waals surface area contributed by atoms with Gasteiger partial charge < -0.3 is 15.7 Å². The molecule has 1 rings (SSSR count). The maximum atomic E-state index is 8.44. The molecule has 3 N–H and O–H groups in total. The Morgan fingerprint density at radius 1 is 1.44 bits per heavy atom. The molecule has 0 amide bonds. The summed E-state index contributed by atoms with van der Waals surface area (Å²) >= 11 is 0. The molecule has 16 heavy (non-hydrogen) atoms. The van der Waals surface area contributed by atoms with Crippen molar-refractivity contribution in [1.82, 2.24) is 4.90 Å². The van der Waals surface area contributed by atoms with Crippen LogP contribution in [0.3, 0.4) is 0 Å². The molecule has 0 atom stereocenters. The quantitative estimate of drug-likeness (QED) is 0.336. The monoisotopic (exact) mass is 223 g/mol. The van der Waals surface area contributed by atoms with Crippen molar-refractivity contribution in [2.24, 2.45) is 10.9 Å². The molecule has 5 nitrogen and oxygen atoms in total. The number of amidine groups is 1. The number of likely N-dealkylation sites (N-methyl/N-ethyl adjacent to an activating group) is 1. The number of methoxy groups -OCH3 is 1. The summed E-state index contributed by atoms with van der Waals surface area (Å²) in [6, 6.07) is 7.79. The molecule has 1 aromatic carbocycles. The van der Waals surface area contributed by atoms with Gasteiger partial charge in [0, 0.05) is 6.54 Å². The summed E-state index contributed by atoms with van der Waals surface area (Å²) in [7, 11) is 3.54. The molecule has 0 saturated carbocycles. The Kier molecular flexibility index (Phi) is 4.60. The first-order chi connectivity index (χ1) is 7.65. The molecule has 0 radical (unpaired) electrons. The Morgan fingerprint density at radius 2 is 2.06 bits per heavy atom. The topological polar surface area (TPSA) is 71.1 Å². The van der Waals surface area contributed by atoms with Crippen molar-refractivity contribution in [3.63, 3.8) is 0 Å². The zero-order chi connectivity index (χ0) is 12.0. The largest absolute Gasteiger partial charge is 0.497 e. The number of hydrogen-bond donors (Lipinski definition) is 2. The van der Waals surface area contributed by atoms with E-state index in [4.69, 9.17) is 15.7 Å². The van der Waals surface area contributed by atoms with Crippen LogP contribution in [0, 0.1) is 0 Å². The molecule has 88 valence electrons. The molecule has 0 spiro atoms. The van der Waals surface area contributed by atoms with Crippen LogP contribution < -0.4 is 10.5 Å². The summed E-state index contributed by atoms with van der Waals surface area (Å²) in [5, 5.41) is 11.4. The average molecular weight is 223 g/mol. The lowest BCUT2D eigenvalue weighted by Crippen LogP contribution is -2.30. The number of nitrogens with zero attached hydrogens (tertiary/aromatic N) is 2. The number of ether oxygens (including phenoxy) is 1. The maximum Gasteiger partial charge on any atom is 0.153 e. The standard InChI is InChI=1S/C11H17N3O2/c1-14(8-11(12)13-15)7-9-3-5-10(16-2)6-4-9/h3-6,15H,7-8H2,1-2H3,(H2,12,13). The van der Waals surface area contributed by atoms with Crippen LogP contribution in [0.15, 0.2) is 29.4 Å². The smallest absolute Gasteiger partial charge is 0.153 e. The van der Waals surface area contributed by atoms with Gasteiger partial charge in [-0.3, -0.25) is 4.90 Å². The van der Waals surface area contributed by atoms with Crippen LogP contribution in [0.1, 0.15) is 5.56 Å².